The van der Waals surface area contributed by atoms with Gasteiger partial charge in [0.2, 0.25) is 0 Å². The van der Waals surface area contributed by atoms with Crippen LogP contribution in [0.3, 0.4) is 0 Å². The Morgan fingerprint density at radius 1 is 1.53 bits per heavy atom. The van der Waals surface area contributed by atoms with Crippen molar-refractivity contribution in [2.75, 3.05) is 13.4 Å². The number of primary amides is 1. The summed E-state index contributed by atoms with van der Waals surface area (Å²) >= 11 is 0. The van der Waals surface area contributed by atoms with E-state index in [2.05, 4.69) is 9.17 Å². The molecule has 0 saturated carbocycles. The van der Waals surface area contributed by atoms with Gasteiger partial charge in [-0.3, -0.25) is 14.0 Å². The van der Waals surface area contributed by atoms with Crippen LogP contribution in [0.5, 0.6) is 5.75 Å². The van der Waals surface area contributed by atoms with Crippen molar-refractivity contribution < 1.29 is 22.1 Å². The van der Waals surface area contributed by atoms with Crippen molar-refractivity contribution in [3.63, 3.8) is 0 Å². The third-order valence-electron chi connectivity index (χ3n) is 1.79. The molecule has 0 fully saturated rings. The molecular formula is C9H12N2O5S. The van der Waals surface area contributed by atoms with Crippen LogP contribution in [0.1, 0.15) is 11.8 Å². The maximum Gasteiger partial charge on any atom is 0.265 e. The number of carbonyl (C=O) groups excluding carboxylic acids is 1. The minimum Gasteiger partial charge on any atom is -0.497 e. The minimum absolute atomic E-state index is 0.0716. The first-order chi connectivity index (χ1) is 7.83. The number of amides is 1. The maximum atomic E-state index is 11.1. The van der Waals surface area contributed by atoms with Crippen molar-refractivity contribution in [3.05, 3.63) is 24.0 Å². The van der Waals surface area contributed by atoms with Gasteiger partial charge in [0.15, 0.2) is 6.10 Å². The number of nitrogens with zero attached hydrogens (tertiary/aromatic N) is 1. The minimum atomic E-state index is -3.82. The van der Waals surface area contributed by atoms with Gasteiger partial charge >= 0.3 is 0 Å². The number of aromatic nitrogens is 1. The predicted molar refractivity (Wildman–Crippen MR) is 58.7 cm³/mol. The van der Waals surface area contributed by atoms with E-state index in [1.165, 1.54) is 19.4 Å². The van der Waals surface area contributed by atoms with Crippen molar-refractivity contribution in [1.82, 2.24) is 4.98 Å². The van der Waals surface area contributed by atoms with Crippen LogP contribution in [0, 0.1) is 0 Å². The van der Waals surface area contributed by atoms with Gasteiger partial charge in [-0.15, -0.1) is 0 Å². The molecule has 0 bridgehead atoms. The van der Waals surface area contributed by atoms with E-state index >= 15 is 0 Å². The molecule has 0 radical (unpaired) electrons. The van der Waals surface area contributed by atoms with E-state index in [0.717, 1.165) is 6.26 Å². The summed E-state index contributed by atoms with van der Waals surface area (Å²) in [5.74, 6) is -0.533. The molecule has 1 heterocycles. The van der Waals surface area contributed by atoms with Crippen molar-refractivity contribution in [1.29, 1.82) is 0 Å². The van der Waals surface area contributed by atoms with E-state index in [1.54, 1.807) is 6.07 Å². The van der Waals surface area contributed by atoms with E-state index < -0.39 is 22.1 Å². The summed E-state index contributed by atoms with van der Waals surface area (Å²) in [6.07, 6.45) is 0.721. The van der Waals surface area contributed by atoms with Crippen LogP contribution in [-0.2, 0) is 19.1 Å². The van der Waals surface area contributed by atoms with Crippen LogP contribution in [-0.4, -0.2) is 32.7 Å². The average Bonchev–Trinajstić information content (AvgIpc) is 2.24. The standard InChI is InChI=1S/C9H12N2O5S/c1-15-6-3-4-11-7(5-6)8(9(10)12)16-17(2,13)14/h3-5,8H,1-2H3,(H2,10,12). The second kappa shape index (κ2) is 5.11. The Morgan fingerprint density at radius 3 is 2.65 bits per heavy atom. The van der Waals surface area contributed by atoms with E-state index in [-0.39, 0.29) is 5.69 Å². The maximum absolute atomic E-state index is 11.1. The van der Waals surface area contributed by atoms with Gasteiger partial charge < -0.3 is 10.5 Å². The van der Waals surface area contributed by atoms with Gasteiger partial charge in [-0.2, -0.15) is 8.42 Å². The third-order valence-corrected chi connectivity index (χ3v) is 2.33. The lowest BCUT2D eigenvalue weighted by Gasteiger charge is -2.12. The van der Waals surface area contributed by atoms with Crippen LogP contribution in [0.25, 0.3) is 0 Å². The number of rotatable bonds is 5. The summed E-state index contributed by atoms with van der Waals surface area (Å²) in [7, 11) is -2.39. The summed E-state index contributed by atoms with van der Waals surface area (Å²) in [4.78, 5) is 15.0. The quantitative estimate of drug-likeness (QED) is 0.721. The fourth-order valence-corrected chi connectivity index (χ4v) is 1.66. The summed E-state index contributed by atoms with van der Waals surface area (Å²) in [5, 5.41) is 0. The van der Waals surface area contributed by atoms with Crippen LogP contribution >= 0.6 is 0 Å². The molecule has 7 nitrogen and oxygen atoms in total. The molecule has 0 spiro atoms. The molecule has 17 heavy (non-hydrogen) atoms. The van der Waals surface area contributed by atoms with Gasteiger partial charge in [-0.25, -0.2) is 0 Å². The van der Waals surface area contributed by atoms with Crippen LogP contribution in [0.15, 0.2) is 18.3 Å². The Morgan fingerprint density at radius 2 is 2.18 bits per heavy atom. The molecular weight excluding hydrogens is 248 g/mol. The molecule has 1 rings (SSSR count). The Bertz CT molecular complexity index is 514. The highest BCUT2D eigenvalue weighted by Crippen LogP contribution is 2.20. The van der Waals surface area contributed by atoms with E-state index in [0.29, 0.717) is 5.75 Å². The van der Waals surface area contributed by atoms with Crippen molar-refractivity contribution >= 4 is 16.0 Å². The highest BCUT2D eigenvalue weighted by Gasteiger charge is 2.25. The second-order valence-electron chi connectivity index (χ2n) is 3.20. The molecule has 1 aromatic rings. The molecule has 0 aromatic carbocycles. The Labute approximate surface area is 98.7 Å². The molecule has 0 aliphatic rings. The van der Waals surface area contributed by atoms with Gasteiger partial charge in [0.1, 0.15) is 5.75 Å². The van der Waals surface area contributed by atoms with Crippen molar-refractivity contribution in [2.24, 2.45) is 5.73 Å². The fraction of sp³-hybridized carbons (Fsp3) is 0.333. The smallest absolute Gasteiger partial charge is 0.265 e. The number of ether oxygens (including phenoxy) is 1. The van der Waals surface area contributed by atoms with Gasteiger partial charge in [0, 0.05) is 12.3 Å². The summed E-state index contributed by atoms with van der Waals surface area (Å²) < 4.78 is 31.5. The second-order valence-corrected chi connectivity index (χ2v) is 4.80. The molecule has 0 saturated heterocycles. The molecule has 1 aromatic heterocycles. The zero-order valence-corrected chi connectivity index (χ0v) is 10.1. The Balaban J connectivity index is 3.09. The molecule has 1 amide bonds. The van der Waals surface area contributed by atoms with Gasteiger partial charge in [-0.1, -0.05) is 0 Å². The fourth-order valence-electron chi connectivity index (χ4n) is 1.12. The van der Waals surface area contributed by atoms with E-state index in [1.807, 2.05) is 0 Å². The number of pyridine rings is 1. The van der Waals surface area contributed by atoms with Crippen LogP contribution in [0.4, 0.5) is 0 Å². The zero-order chi connectivity index (χ0) is 13.1. The first-order valence-corrected chi connectivity index (χ1v) is 6.32. The number of hydrogen-bond donors (Lipinski definition) is 1. The molecule has 0 aliphatic heterocycles. The van der Waals surface area contributed by atoms with Crippen molar-refractivity contribution in [3.8, 4) is 5.75 Å². The summed E-state index contributed by atoms with van der Waals surface area (Å²) in [6, 6.07) is 2.92. The number of hydrogen-bond acceptors (Lipinski definition) is 6. The number of methoxy groups -OCH3 is 1. The lowest BCUT2D eigenvalue weighted by Crippen LogP contribution is -2.26. The highest BCUT2D eigenvalue weighted by molar-refractivity contribution is 7.86. The SMILES string of the molecule is COc1ccnc(C(OS(C)(=O)=O)C(N)=O)c1. The lowest BCUT2D eigenvalue weighted by molar-refractivity contribution is -0.124. The molecule has 0 aliphatic carbocycles. The zero-order valence-electron chi connectivity index (χ0n) is 9.28. The first-order valence-electron chi connectivity index (χ1n) is 4.51. The molecule has 8 heteroatoms. The summed E-state index contributed by atoms with van der Waals surface area (Å²) in [5.41, 5.74) is 5.13. The van der Waals surface area contributed by atoms with Gasteiger partial charge in [0.05, 0.1) is 19.1 Å². The summed E-state index contributed by atoms with van der Waals surface area (Å²) in [6.45, 7) is 0. The van der Waals surface area contributed by atoms with Gasteiger partial charge in [0.25, 0.3) is 16.0 Å². The Hall–Kier alpha value is -1.67. The topological polar surface area (TPSA) is 109 Å². The lowest BCUT2D eigenvalue weighted by atomic mass is 10.2. The number of nitrogens with two attached hydrogens (primary N) is 1. The van der Waals surface area contributed by atoms with Crippen molar-refractivity contribution in [2.45, 2.75) is 6.10 Å². The predicted octanol–water partition coefficient (Wildman–Crippen LogP) is -0.407. The largest absolute Gasteiger partial charge is 0.497 e. The Kier molecular flexibility index (Phi) is 4.02. The molecule has 1 unspecified atom stereocenters. The molecule has 1 atom stereocenters. The average molecular weight is 260 g/mol. The van der Waals surface area contributed by atoms with E-state index in [4.69, 9.17) is 10.5 Å². The van der Waals surface area contributed by atoms with Crippen LogP contribution in [0.2, 0.25) is 0 Å². The first kappa shape index (κ1) is 13.4. The normalized spacial score (nSPS) is 13.1. The monoisotopic (exact) mass is 260 g/mol. The molecule has 2 N–H and O–H groups in total. The highest BCUT2D eigenvalue weighted by atomic mass is 32.2. The molecule has 94 valence electrons. The van der Waals surface area contributed by atoms with Crippen LogP contribution < -0.4 is 10.5 Å². The third kappa shape index (κ3) is 4.00. The van der Waals surface area contributed by atoms with Gasteiger partial charge in [-0.05, 0) is 6.07 Å². The number of carbonyl (C=O) groups is 1. The van der Waals surface area contributed by atoms with E-state index in [9.17, 15) is 13.2 Å².